The number of amides is 3. The first-order chi connectivity index (χ1) is 19.6. The number of nitrogens with zero attached hydrogens (tertiary/aromatic N) is 3. The van der Waals surface area contributed by atoms with Crippen molar-refractivity contribution in [3.63, 3.8) is 0 Å². The number of fused-ring (bicyclic) bond motifs is 2. The second-order valence-corrected chi connectivity index (χ2v) is 13.7. The predicted octanol–water partition coefficient (Wildman–Crippen LogP) is 5.64. The Balaban J connectivity index is 0.00000353. The molecule has 0 radical (unpaired) electrons. The molecule has 1 aromatic rings. The van der Waals surface area contributed by atoms with Gasteiger partial charge in [0.05, 0.1) is 24.8 Å². The molecule has 1 N–H and O–H groups in total. The van der Waals surface area contributed by atoms with Crippen molar-refractivity contribution in [2.45, 2.75) is 107 Å². The largest absolute Gasteiger partial charge is 0.381 e. The number of carbonyl (C=O) groups is 2. The van der Waals surface area contributed by atoms with E-state index in [9.17, 15) is 18.4 Å². The van der Waals surface area contributed by atoms with Gasteiger partial charge >= 0.3 is 6.03 Å². The van der Waals surface area contributed by atoms with E-state index in [0.29, 0.717) is 18.0 Å². The molecule has 2 unspecified atom stereocenters. The number of rotatable bonds is 9. The quantitative estimate of drug-likeness (QED) is 0.394. The lowest BCUT2D eigenvalue weighted by Crippen LogP contribution is -2.60. The van der Waals surface area contributed by atoms with Crippen LogP contribution in [-0.4, -0.2) is 89.1 Å². The van der Waals surface area contributed by atoms with E-state index in [-0.39, 0.29) is 73.6 Å². The number of benzene rings is 1. The summed E-state index contributed by atoms with van der Waals surface area (Å²) in [5, 5.41) is 3.25. The number of halogens is 3. The first kappa shape index (κ1) is 31.5. The van der Waals surface area contributed by atoms with Crippen molar-refractivity contribution in [3.05, 3.63) is 35.9 Å². The molecule has 3 atom stereocenters. The van der Waals surface area contributed by atoms with Gasteiger partial charge in [-0.1, -0.05) is 30.3 Å². The molecule has 1 aliphatic carbocycles. The topological polar surface area (TPSA) is 65.1 Å². The first-order valence-corrected chi connectivity index (χ1v) is 15.8. The van der Waals surface area contributed by atoms with Crippen molar-refractivity contribution in [1.82, 2.24) is 20.0 Å². The Morgan fingerprint density at radius 3 is 2.26 bits per heavy atom. The third-order valence-corrected chi connectivity index (χ3v) is 10.5. The summed E-state index contributed by atoms with van der Waals surface area (Å²) < 4.78 is 32.8. The molecule has 4 saturated heterocycles. The van der Waals surface area contributed by atoms with Crippen LogP contribution in [0.4, 0.5) is 13.6 Å². The SMILES string of the molecule is CC(C)N1C(=O)N(CC2COC2)CC12CC1CCC(C2)N1CC[C@H](NC(=O)C1CCC(F)(F)CC1)c1ccccc1.Cl. The minimum atomic E-state index is -2.64. The van der Waals surface area contributed by atoms with Gasteiger partial charge in [-0.25, -0.2) is 13.6 Å². The van der Waals surface area contributed by atoms with Crippen molar-refractivity contribution < 1.29 is 23.1 Å². The number of nitrogens with one attached hydrogen (secondary N) is 1. The number of hydrogen-bond acceptors (Lipinski definition) is 4. The van der Waals surface area contributed by atoms with Gasteiger partial charge in [-0.3, -0.25) is 9.69 Å². The van der Waals surface area contributed by atoms with E-state index < -0.39 is 5.92 Å². The van der Waals surface area contributed by atoms with Gasteiger partial charge in [0, 0.05) is 62.4 Å². The van der Waals surface area contributed by atoms with Crippen molar-refractivity contribution in [2.75, 3.05) is 32.8 Å². The number of hydrogen-bond donors (Lipinski definition) is 1. The Labute approximate surface area is 255 Å². The van der Waals surface area contributed by atoms with Crippen LogP contribution in [-0.2, 0) is 9.53 Å². The van der Waals surface area contributed by atoms with Crippen LogP contribution in [0.25, 0.3) is 0 Å². The van der Waals surface area contributed by atoms with E-state index in [1.165, 1.54) is 0 Å². The van der Waals surface area contributed by atoms with Gasteiger partial charge < -0.3 is 19.9 Å². The Bertz CT molecular complexity index is 1080. The van der Waals surface area contributed by atoms with Crippen LogP contribution in [0.5, 0.6) is 0 Å². The smallest absolute Gasteiger partial charge is 0.320 e. The zero-order chi connectivity index (χ0) is 28.8. The summed E-state index contributed by atoms with van der Waals surface area (Å²) in [5.74, 6) is -2.62. The van der Waals surface area contributed by atoms with Gasteiger partial charge in [0.25, 0.3) is 0 Å². The summed E-state index contributed by atoms with van der Waals surface area (Å²) in [6, 6.07) is 11.1. The van der Waals surface area contributed by atoms with Crippen LogP contribution in [0.15, 0.2) is 30.3 Å². The maximum atomic E-state index is 13.7. The third kappa shape index (κ3) is 6.29. The molecule has 42 heavy (non-hydrogen) atoms. The third-order valence-electron chi connectivity index (χ3n) is 10.5. The van der Waals surface area contributed by atoms with Gasteiger partial charge in [-0.05, 0) is 64.4 Å². The van der Waals surface area contributed by atoms with E-state index in [2.05, 4.69) is 33.9 Å². The summed E-state index contributed by atoms with van der Waals surface area (Å²) in [6.07, 6.45) is 5.11. The first-order valence-electron chi connectivity index (χ1n) is 15.8. The number of urea groups is 1. The molecule has 4 heterocycles. The fourth-order valence-electron chi connectivity index (χ4n) is 8.45. The number of piperidine rings is 1. The van der Waals surface area contributed by atoms with E-state index in [4.69, 9.17) is 4.74 Å². The van der Waals surface area contributed by atoms with Gasteiger partial charge in [-0.2, -0.15) is 0 Å². The maximum absolute atomic E-state index is 13.7. The molecule has 6 rings (SSSR count). The van der Waals surface area contributed by atoms with Gasteiger partial charge in [0.1, 0.15) is 0 Å². The number of alkyl halides is 2. The molecule has 5 aliphatic rings. The molecule has 0 aromatic heterocycles. The Morgan fingerprint density at radius 2 is 1.69 bits per heavy atom. The molecular weight excluding hydrogens is 562 g/mol. The Morgan fingerprint density at radius 1 is 1.05 bits per heavy atom. The molecular formula is C32H47ClF2N4O3. The Hall–Kier alpha value is -1.97. The summed E-state index contributed by atoms with van der Waals surface area (Å²) in [6.45, 7) is 8.26. The molecule has 3 amide bonds. The molecule has 234 valence electrons. The fraction of sp³-hybridized carbons (Fsp3) is 0.750. The van der Waals surface area contributed by atoms with Crippen LogP contribution in [0.2, 0.25) is 0 Å². The van der Waals surface area contributed by atoms with E-state index in [0.717, 1.165) is 70.5 Å². The lowest BCUT2D eigenvalue weighted by Gasteiger charge is -2.49. The molecule has 1 saturated carbocycles. The average Bonchev–Trinajstić information content (AvgIpc) is 3.32. The second kappa shape index (κ2) is 12.6. The molecule has 10 heteroatoms. The minimum Gasteiger partial charge on any atom is -0.381 e. The molecule has 1 spiro atoms. The minimum absolute atomic E-state index is 0. The number of carbonyl (C=O) groups excluding carboxylic acids is 2. The van der Waals surface area contributed by atoms with E-state index in [1.54, 1.807) is 0 Å². The summed E-state index contributed by atoms with van der Waals surface area (Å²) in [5.41, 5.74) is 0.944. The standard InChI is InChI=1S/C32H46F2N4O3.ClH/c1-22(2)38-30(40)36(18-23-19-41-20-23)21-31(38)16-26-8-9-27(17-31)37(26)15-12-28(24-6-4-3-5-7-24)35-29(39)25-10-13-32(33,34)14-11-25;/h3-7,22-23,25-28H,8-21H2,1-2H3,(H,35,39);1H/t26?,27?,28-,31?;/m0./s1. The van der Waals surface area contributed by atoms with Crippen molar-refractivity contribution in [1.29, 1.82) is 0 Å². The van der Waals surface area contributed by atoms with Crippen molar-refractivity contribution >= 4 is 24.3 Å². The van der Waals surface area contributed by atoms with Gasteiger partial charge in [0.2, 0.25) is 11.8 Å². The monoisotopic (exact) mass is 608 g/mol. The molecule has 4 aliphatic heterocycles. The van der Waals surface area contributed by atoms with E-state index >= 15 is 0 Å². The molecule has 1 aromatic carbocycles. The molecule has 2 bridgehead atoms. The van der Waals surface area contributed by atoms with Crippen LogP contribution >= 0.6 is 12.4 Å². The average molecular weight is 609 g/mol. The van der Waals surface area contributed by atoms with Crippen molar-refractivity contribution in [2.24, 2.45) is 11.8 Å². The summed E-state index contributed by atoms with van der Waals surface area (Å²) in [7, 11) is 0. The maximum Gasteiger partial charge on any atom is 0.320 e. The van der Waals surface area contributed by atoms with Crippen LogP contribution < -0.4 is 5.32 Å². The zero-order valence-electron chi connectivity index (χ0n) is 25.0. The van der Waals surface area contributed by atoms with Crippen LogP contribution in [0, 0.1) is 11.8 Å². The van der Waals surface area contributed by atoms with Gasteiger partial charge in [-0.15, -0.1) is 12.4 Å². The Kier molecular flexibility index (Phi) is 9.41. The predicted molar refractivity (Wildman–Crippen MR) is 160 cm³/mol. The fourth-order valence-corrected chi connectivity index (χ4v) is 8.45. The van der Waals surface area contributed by atoms with Crippen LogP contribution in [0.3, 0.4) is 0 Å². The number of ether oxygens (including phenoxy) is 1. The van der Waals surface area contributed by atoms with Crippen molar-refractivity contribution in [3.8, 4) is 0 Å². The highest BCUT2D eigenvalue weighted by Crippen LogP contribution is 2.48. The van der Waals surface area contributed by atoms with Crippen LogP contribution in [0.1, 0.15) is 83.2 Å². The highest BCUT2D eigenvalue weighted by molar-refractivity contribution is 5.85. The normalized spacial score (nSPS) is 30.5. The molecule has 5 fully saturated rings. The second-order valence-electron chi connectivity index (χ2n) is 13.7. The lowest BCUT2D eigenvalue weighted by molar-refractivity contribution is -0.130. The highest BCUT2D eigenvalue weighted by Gasteiger charge is 2.58. The zero-order valence-corrected chi connectivity index (χ0v) is 25.8. The lowest BCUT2D eigenvalue weighted by atomic mass is 9.81. The van der Waals surface area contributed by atoms with E-state index in [1.807, 2.05) is 30.3 Å². The highest BCUT2D eigenvalue weighted by atomic mass is 35.5. The van der Waals surface area contributed by atoms with Gasteiger partial charge in [0.15, 0.2) is 0 Å². The molecule has 7 nitrogen and oxygen atoms in total. The summed E-state index contributed by atoms with van der Waals surface area (Å²) in [4.78, 5) is 33.7. The summed E-state index contributed by atoms with van der Waals surface area (Å²) >= 11 is 0.